The molecule has 2 amide bonds. The van der Waals surface area contributed by atoms with Crippen LogP contribution in [0, 0.1) is 11.8 Å². The molecule has 0 saturated carbocycles. The van der Waals surface area contributed by atoms with Gasteiger partial charge in [-0.3, -0.25) is 9.59 Å². The van der Waals surface area contributed by atoms with Crippen LogP contribution in [0.3, 0.4) is 0 Å². The van der Waals surface area contributed by atoms with Gasteiger partial charge in [0, 0.05) is 13.1 Å². The first-order chi connectivity index (χ1) is 6.70. The SMILES string of the molecule is CC#CC(=O)N1CCNC(=O)C1CC. The molecule has 1 N–H and O–H groups in total. The number of carbonyl (C=O) groups is 2. The first-order valence-electron chi connectivity index (χ1n) is 4.71. The molecule has 0 aliphatic carbocycles. The predicted molar refractivity (Wildman–Crippen MR) is 52.3 cm³/mol. The van der Waals surface area contributed by atoms with Crippen LogP contribution in [0.5, 0.6) is 0 Å². The molecule has 1 unspecified atom stereocenters. The Balaban J connectivity index is 2.77. The Labute approximate surface area is 83.6 Å². The average molecular weight is 194 g/mol. The summed E-state index contributed by atoms with van der Waals surface area (Å²) in [4.78, 5) is 24.4. The lowest BCUT2D eigenvalue weighted by Crippen LogP contribution is -2.56. The zero-order chi connectivity index (χ0) is 10.6. The van der Waals surface area contributed by atoms with Crippen molar-refractivity contribution in [3.63, 3.8) is 0 Å². The van der Waals surface area contributed by atoms with Crippen molar-refractivity contribution in [3.8, 4) is 11.8 Å². The number of nitrogens with one attached hydrogen (secondary N) is 1. The van der Waals surface area contributed by atoms with Crippen LogP contribution in [-0.4, -0.2) is 35.8 Å². The molecule has 4 heteroatoms. The van der Waals surface area contributed by atoms with Crippen molar-refractivity contribution in [2.75, 3.05) is 13.1 Å². The summed E-state index contributed by atoms with van der Waals surface area (Å²) in [5, 5.41) is 2.73. The van der Waals surface area contributed by atoms with Gasteiger partial charge < -0.3 is 10.2 Å². The smallest absolute Gasteiger partial charge is 0.299 e. The van der Waals surface area contributed by atoms with Crippen LogP contribution in [0.15, 0.2) is 0 Å². The summed E-state index contributed by atoms with van der Waals surface area (Å²) in [7, 11) is 0. The van der Waals surface area contributed by atoms with Gasteiger partial charge in [-0.25, -0.2) is 0 Å². The van der Waals surface area contributed by atoms with Crippen LogP contribution in [0.1, 0.15) is 20.3 Å². The molecule has 0 aromatic rings. The third kappa shape index (κ3) is 2.05. The van der Waals surface area contributed by atoms with Crippen molar-refractivity contribution in [2.45, 2.75) is 26.3 Å². The van der Waals surface area contributed by atoms with Crippen molar-refractivity contribution in [1.29, 1.82) is 0 Å². The second kappa shape index (κ2) is 4.66. The zero-order valence-corrected chi connectivity index (χ0v) is 8.46. The van der Waals surface area contributed by atoms with Crippen molar-refractivity contribution >= 4 is 11.8 Å². The van der Waals surface area contributed by atoms with Gasteiger partial charge in [0.25, 0.3) is 5.91 Å². The normalized spacial score (nSPS) is 20.9. The molecule has 14 heavy (non-hydrogen) atoms. The maximum atomic E-state index is 11.5. The zero-order valence-electron chi connectivity index (χ0n) is 8.46. The van der Waals surface area contributed by atoms with Gasteiger partial charge in [-0.15, -0.1) is 0 Å². The van der Waals surface area contributed by atoms with Crippen LogP contribution in [0.25, 0.3) is 0 Å². The van der Waals surface area contributed by atoms with Gasteiger partial charge in [-0.05, 0) is 19.3 Å². The Kier molecular flexibility index (Phi) is 3.52. The summed E-state index contributed by atoms with van der Waals surface area (Å²) < 4.78 is 0. The molecule has 1 atom stereocenters. The van der Waals surface area contributed by atoms with E-state index in [1.807, 2.05) is 6.92 Å². The standard InChI is InChI=1S/C10H14N2O2/c1-3-5-9(13)12-7-6-11-10(14)8(12)4-2/h8H,4,6-7H2,1-2H3,(H,11,14). The molecule has 1 aliphatic rings. The number of carbonyl (C=O) groups excluding carboxylic acids is 2. The lowest BCUT2D eigenvalue weighted by Gasteiger charge is -2.32. The summed E-state index contributed by atoms with van der Waals surface area (Å²) in [6.07, 6.45) is 0.628. The molecule has 0 aromatic heterocycles. The van der Waals surface area contributed by atoms with E-state index >= 15 is 0 Å². The van der Waals surface area contributed by atoms with Crippen LogP contribution >= 0.6 is 0 Å². The molecule has 4 nitrogen and oxygen atoms in total. The van der Waals surface area contributed by atoms with Gasteiger partial charge in [0.05, 0.1) is 0 Å². The lowest BCUT2D eigenvalue weighted by atomic mass is 10.1. The van der Waals surface area contributed by atoms with E-state index in [2.05, 4.69) is 17.2 Å². The fourth-order valence-electron chi connectivity index (χ4n) is 1.54. The maximum absolute atomic E-state index is 11.5. The quantitative estimate of drug-likeness (QED) is 0.585. The van der Waals surface area contributed by atoms with E-state index in [-0.39, 0.29) is 17.9 Å². The number of piperazine rings is 1. The van der Waals surface area contributed by atoms with Crippen LogP contribution < -0.4 is 5.32 Å². The summed E-state index contributed by atoms with van der Waals surface area (Å²) in [6, 6.07) is -0.350. The van der Waals surface area contributed by atoms with Crippen molar-refractivity contribution in [3.05, 3.63) is 0 Å². The minimum absolute atomic E-state index is 0.0787. The molecule has 1 aliphatic heterocycles. The molecule has 1 fully saturated rings. The minimum Gasteiger partial charge on any atom is -0.353 e. The fourth-order valence-corrected chi connectivity index (χ4v) is 1.54. The van der Waals surface area contributed by atoms with Gasteiger partial charge in [0.1, 0.15) is 6.04 Å². The van der Waals surface area contributed by atoms with Crippen molar-refractivity contribution < 1.29 is 9.59 Å². The van der Waals surface area contributed by atoms with Crippen LogP contribution in [0.2, 0.25) is 0 Å². The second-order valence-corrected chi connectivity index (χ2v) is 3.09. The van der Waals surface area contributed by atoms with Crippen molar-refractivity contribution in [1.82, 2.24) is 10.2 Å². The molecule has 0 spiro atoms. The maximum Gasteiger partial charge on any atom is 0.299 e. The van der Waals surface area contributed by atoms with Gasteiger partial charge in [0.15, 0.2) is 0 Å². The number of hydrogen-bond acceptors (Lipinski definition) is 2. The number of hydrogen-bond donors (Lipinski definition) is 1. The molecular formula is C10H14N2O2. The Hall–Kier alpha value is -1.50. The molecule has 76 valence electrons. The second-order valence-electron chi connectivity index (χ2n) is 3.09. The summed E-state index contributed by atoms with van der Waals surface area (Å²) >= 11 is 0. The minimum atomic E-state index is -0.350. The number of rotatable bonds is 1. The van der Waals surface area contributed by atoms with E-state index in [1.54, 1.807) is 6.92 Å². The number of nitrogens with zero attached hydrogens (tertiary/aromatic N) is 1. The lowest BCUT2D eigenvalue weighted by molar-refractivity contribution is -0.139. The van der Waals surface area contributed by atoms with E-state index in [4.69, 9.17) is 0 Å². The van der Waals surface area contributed by atoms with E-state index < -0.39 is 0 Å². The Morgan fingerprint density at radius 3 is 3.00 bits per heavy atom. The molecule has 1 saturated heterocycles. The first-order valence-corrected chi connectivity index (χ1v) is 4.71. The summed E-state index contributed by atoms with van der Waals surface area (Å²) in [6.45, 7) is 4.57. The van der Waals surface area contributed by atoms with Gasteiger partial charge in [-0.2, -0.15) is 0 Å². The van der Waals surface area contributed by atoms with Crippen LogP contribution in [-0.2, 0) is 9.59 Å². The monoisotopic (exact) mass is 194 g/mol. The highest BCUT2D eigenvalue weighted by Crippen LogP contribution is 2.08. The highest BCUT2D eigenvalue weighted by atomic mass is 16.2. The van der Waals surface area contributed by atoms with E-state index in [0.29, 0.717) is 19.5 Å². The van der Waals surface area contributed by atoms with Gasteiger partial charge in [-0.1, -0.05) is 12.8 Å². The molecule has 1 heterocycles. The number of amides is 2. The van der Waals surface area contributed by atoms with E-state index in [0.717, 1.165) is 0 Å². The van der Waals surface area contributed by atoms with Crippen molar-refractivity contribution in [2.24, 2.45) is 0 Å². The highest BCUT2D eigenvalue weighted by molar-refractivity contribution is 5.97. The largest absolute Gasteiger partial charge is 0.353 e. The van der Waals surface area contributed by atoms with Gasteiger partial charge in [0.2, 0.25) is 5.91 Å². The third-order valence-electron chi connectivity index (χ3n) is 2.21. The molecule has 1 rings (SSSR count). The Morgan fingerprint density at radius 1 is 1.71 bits per heavy atom. The predicted octanol–water partition coefficient (Wildman–Crippen LogP) is -0.253. The molecular weight excluding hydrogens is 180 g/mol. The van der Waals surface area contributed by atoms with E-state index in [9.17, 15) is 9.59 Å². The third-order valence-corrected chi connectivity index (χ3v) is 2.21. The highest BCUT2D eigenvalue weighted by Gasteiger charge is 2.30. The molecule has 0 bridgehead atoms. The fraction of sp³-hybridized carbons (Fsp3) is 0.600. The molecule has 0 radical (unpaired) electrons. The topological polar surface area (TPSA) is 49.4 Å². The Morgan fingerprint density at radius 2 is 2.43 bits per heavy atom. The summed E-state index contributed by atoms with van der Waals surface area (Å²) in [5.74, 6) is 4.67. The van der Waals surface area contributed by atoms with Gasteiger partial charge >= 0.3 is 0 Å². The first kappa shape index (κ1) is 10.6. The molecule has 0 aromatic carbocycles. The summed E-state index contributed by atoms with van der Waals surface area (Å²) in [5.41, 5.74) is 0. The van der Waals surface area contributed by atoms with E-state index in [1.165, 1.54) is 4.90 Å². The average Bonchev–Trinajstić information content (AvgIpc) is 2.17. The Bertz CT molecular complexity index is 301. The van der Waals surface area contributed by atoms with Crippen LogP contribution in [0.4, 0.5) is 0 Å².